The van der Waals surface area contributed by atoms with Crippen molar-refractivity contribution in [2.45, 2.75) is 26.7 Å². The second-order valence-electron chi connectivity index (χ2n) is 5.10. The summed E-state index contributed by atoms with van der Waals surface area (Å²) >= 11 is 0. The van der Waals surface area contributed by atoms with E-state index in [9.17, 15) is 14.4 Å². The van der Waals surface area contributed by atoms with Crippen molar-refractivity contribution < 1.29 is 14.4 Å². The van der Waals surface area contributed by atoms with E-state index >= 15 is 0 Å². The van der Waals surface area contributed by atoms with Crippen molar-refractivity contribution in [1.29, 1.82) is 0 Å². The van der Waals surface area contributed by atoms with Crippen LogP contribution in [0.1, 0.15) is 24.6 Å². The third kappa shape index (κ3) is 4.54. The quantitative estimate of drug-likeness (QED) is 0.911. The van der Waals surface area contributed by atoms with Crippen molar-refractivity contribution in [3.63, 3.8) is 0 Å². The lowest BCUT2D eigenvalue weighted by molar-refractivity contribution is -0.142. The molecule has 6 heteroatoms. The zero-order valence-corrected chi connectivity index (χ0v) is 13.0. The fourth-order valence-corrected chi connectivity index (χ4v) is 2.06. The molecule has 120 valence electrons. The number of nitrogens with one attached hydrogen (secondary N) is 1. The highest BCUT2D eigenvalue weighted by atomic mass is 16.7. The lowest BCUT2D eigenvalue weighted by Crippen LogP contribution is -2.33. The Kier molecular flexibility index (Phi) is 5.30. The molecule has 0 aliphatic rings. The lowest BCUT2D eigenvalue weighted by Gasteiger charge is -2.11. The maximum atomic E-state index is 12.2. The van der Waals surface area contributed by atoms with Crippen LogP contribution >= 0.6 is 0 Å². The number of anilines is 1. The van der Waals surface area contributed by atoms with E-state index in [-0.39, 0.29) is 18.0 Å². The van der Waals surface area contributed by atoms with Crippen LogP contribution < -0.4 is 15.7 Å². The SMILES string of the molecule is CC(=O)On1c(C)ccc(NC(=O)CCc2ccccc2)c1=O. The van der Waals surface area contributed by atoms with E-state index in [4.69, 9.17) is 4.84 Å². The first kappa shape index (κ1) is 16.5. The van der Waals surface area contributed by atoms with E-state index in [2.05, 4.69) is 5.32 Å². The summed E-state index contributed by atoms with van der Waals surface area (Å²) < 4.78 is 0.870. The number of pyridine rings is 1. The van der Waals surface area contributed by atoms with Crippen LogP contribution in [0.15, 0.2) is 47.3 Å². The van der Waals surface area contributed by atoms with E-state index < -0.39 is 11.5 Å². The molecule has 1 aromatic carbocycles. The molecule has 0 aliphatic carbocycles. The minimum atomic E-state index is -0.609. The summed E-state index contributed by atoms with van der Waals surface area (Å²) in [6, 6.07) is 12.7. The summed E-state index contributed by atoms with van der Waals surface area (Å²) in [6.07, 6.45) is 0.835. The molecule has 0 spiro atoms. The van der Waals surface area contributed by atoms with Crippen LogP contribution in [-0.4, -0.2) is 16.6 Å². The Morgan fingerprint density at radius 2 is 1.83 bits per heavy atom. The molecule has 0 unspecified atom stereocenters. The molecule has 0 bridgehead atoms. The number of rotatable bonds is 5. The predicted molar refractivity (Wildman–Crippen MR) is 86.1 cm³/mol. The first-order valence-corrected chi connectivity index (χ1v) is 7.22. The number of hydrogen-bond acceptors (Lipinski definition) is 4. The number of aromatic nitrogens is 1. The number of nitrogens with zero attached hydrogens (tertiary/aromatic N) is 1. The first-order chi connectivity index (χ1) is 11.0. The van der Waals surface area contributed by atoms with Crippen LogP contribution in [-0.2, 0) is 16.0 Å². The molecule has 0 aliphatic heterocycles. The van der Waals surface area contributed by atoms with Crippen LogP contribution in [0.5, 0.6) is 0 Å². The Balaban J connectivity index is 2.06. The van der Waals surface area contributed by atoms with Crippen molar-refractivity contribution in [3.05, 3.63) is 64.1 Å². The molecular formula is C17H18N2O4. The molecule has 1 N–H and O–H groups in total. The van der Waals surface area contributed by atoms with Crippen LogP contribution in [0.2, 0.25) is 0 Å². The van der Waals surface area contributed by atoms with Crippen molar-refractivity contribution in [1.82, 2.24) is 4.73 Å². The third-order valence-electron chi connectivity index (χ3n) is 3.20. The minimum Gasteiger partial charge on any atom is -0.333 e. The molecular weight excluding hydrogens is 296 g/mol. The van der Waals surface area contributed by atoms with Gasteiger partial charge < -0.3 is 10.2 Å². The van der Waals surface area contributed by atoms with Gasteiger partial charge in [-0.25, -0.2) is 4.79 Å². The Hall–Kier alpha value is -2.89. The Bertz CT molecular complexity index is 766. The fraction of sp³-hybridized carbons (Fsp3) is 0.235. The highest BCUT2D eigenvalue weighted by Gasteiger charge is 2.11. The van der Waals surface area contributed by atoms with E-state index in [1.807, 2.05) is 30.3 Å². The summed E-state index contributed by atoms with van der Waals surface area (Å²) in [5.41, 5.74) is 1.01. The number of aryl methyl sites for hydroxylation is 2. The van der Waals surface area contributed by atoms with E-state index in [0.717, 1.165) is 10.3 Å². The minimum absolute atomic E-state index is 0.0786. The van der Waals surface area contributed by atoms with Crippen LogP contribution in [0.3, 0.4) is 0 Å². The van der Waals surface area contributed by atoms with Crippen LogP contribution in [0.4, 0.5) is 5.69 Å². The van der Waals surface area contributed by atoms with Gasteiger partial charge in [-0.1, -0.05) is 30.3 Å². The van der Waals surface area contributed by atoms with Gasteiger partial charge >= 0.3 is 11.5 Å². The second kappa shape index (κ2) is 7.40. The Morgan fingerprint density at radius 1 is 1.13 bits per heavy atom. The molecule has 0 atom stereocenters. The molecule has 6 nitrogen and oxygen atoms in total. The predicted octanol–water partition coefficient (Wildman–Crippen LogP) is 1.70. The van der Waals surface area contributed by atoms with Gasteiger partial charge in [-0.2, -0.15) is 0 Å². The van der Waals surface area contributed by atoms with Crippen molar-refractivity contribution in [3.8, 4) is 0 Å². The molecule has 2 rings (SSSR count). The van der Waals surface area contributed by atoms with Crippen molar-refractivity contribution in [2.24, 2.45) is 0 Å². The van der Waals surface area contributed by atoms with Crippen molar-refractivity contribution in [2.75, 3.05) is 5.32 Å². The maximum Gasteiger partial charge on any atom is 0.330 e. The summed E-state index contributed by atoms with van der Waals surface area (Å²) in [5.74, 6) is -0.882. The van der Waals surface area contributed by atoms with E-state index in [0.29, 0.717) is 12.1 Å². The largest absolute Gasteiger partial charge is 0.333 e. The number of amides is 1. The first-order valence-electron chi connectivity index (χ1n) is 7.22. The van der Waals surface area contributed by atoms with E-state index in [1.165, 1.54) is 13.0 Å². The Labute approximate surface area is 133 Å². The summed E-state index contributed by atoms with van der Waals surface area (Å²) in [7, 11) is 0. The number of hydrogen-bond donors (Lipinski definition) is 1. The summed E-state index contributed by atoms with van der Waals surface area (Å²) in [4.78, 5) is 40.1. The zero-order valence-electron chi connectivity index (χ0n) is 13.0. The standard InChI is InChI=1S/C17H18N2O4/c1-12-8-10-15(17(22)19(12)23-13(2)20)18-16(21)11-9-14-6-4-3-5-7-14/h3-8,10H,9,11H2,1-2H3,(H,18,21). The topological polar surface area (TPSA) is 77.4 Å². The van der Waals surface area contributed by atoms with Gasteiger partial charge in [-0.15, -0.1) is 4.73 Å². The number of benzene rings is 1. The van der Waals surface area contributed by atoms with Gasteiger partial charge in [0.05, 0.1) is 5.69 Å². The van der Waals surface area contributed by atoms with Gasteiger partial charge in [0.1, 0.15) is 5.69 Å². The average molecular weight is 314 g/mol. The summed E-state index contributed by atoms with van der Waals surface area (Å²) in [6.45, 7) is 2.84. The molecule has 1 aromatic heterocycles. The zero-order chi connectivity index (χ0) is 16.8. The number of carbonyl (C=O) groups excluding carboxylic acids is 2. The highest BCUT2D eigenvalue weighted by Crippen LogP contribution is 2.06. The molecule has 0 saturated heterocycles. The average Bonchev–Trinajstić information content (AvgIpc) is 2.53. The fourth-order valence-electron chi connectivity index (χ4n) is 2.06. The lowest BCUT2D eigenvalue weighted by atomic mass is 10.1. The maximum absolute atomic E-state index is 12.2. The molecule has 0 saturated carbocycles. The van der Waals surface area contributed by atoms with Crippen molar-refractivity contribution >= 4 is 17.6 Å². The molecule has 1 amide bonds. The van der Waals surface area contributed by atoms with Crippen LogP contribution in [0, 0.1) is 6.92 Å². The normalized spacial score (nSPS) is 10.2. The van der Waals surface area contributed by atoms with Crippen LogP contribution in [0.25, 0.3) is 0 Å². The van der Waals surface area contributed by atoms with E-state index in [1.54, 1.807) is 13.0 Å². The Morgan fingerprint density at radius 3 is 2.48 bits per heavy atom. The molecule has 23 heavy (non-hydrogen) atoms. The van der Waals surface area contributed by atoms with Gasteiger partial charge in [-0.3, -0.25) is 9.59 Å². The molecule has 0 fully saturated rings. The smallest absolute Gasteiger partial charge is 0.330 e. The van der Waals surface area contributed by atoms with Gasteiger partial charge in [0.15, 0.2) is 0 Å². The molecule has 2 aromatic rings. The van der Waals surface area contributed by atoms with Gasteiger partial charge in [0.25, 0.3) is 0 Å². The number of carbonyl (C=O) groups is 2. The monoisotopic (exact) mass is 314 g/mol. The highest BCUT2D eigenvalue weighted by molar-refractivity contribution is 5.90. The van der Waals surface area contributed by atoms with Gasteiger partial charge in [0.2, 0.25) is 5.91 Å². The van der Waals surface area contributed by atoms with Gasteiger partial charge in [-0.05, 0) is 31.0 Å². The molecule has 1 heterocycles. The molecule has 0 radical (unpaired) electrons. The third-order valence-corrected chi connectivity index (χ3v) is 3.20. The second-order valence-corrected chi connectivity index (χ2v) is 5.10. The summed E-state index contributed by atoms with van der Waals surface area (Å²) in [5, 5.41) is 2.56. The van der Waals surface area contributed by atoms with Gasteiger partial charge in [0, 0.05) is 13.3 Å².